The molecule has 4 heteroatoms. The van der Waals surface area contributed by atoms with E-state index in [0.717, 1.165) is 44.7 Å². The molecule has 3 nitrogen and oxygen atoms in total. The summed E-state index contributed by atoms with van der Waals surface area (Å²) < 4.78 is 5.51. The van der Waals surface area contributed by atoms with Gasteiger partial charge in [0, 0.05) is 26.1 Å². The monoisotopic (exact) mass is 259 g/mol. The molecule has 0 unspecified atom stereocenters. The highest BCUT2D eigenvalue weighted by Crippen LogP contribution is 2.38. The van der Waals surface area contributed by atoms with Gasteiger partial charge in [0.05, 0.1) is 12.0 Å². The summed E-state index contributed by atoms with van der Waals surface area (Å²) in [6.07, 6.45) is 5.93. The van der Waals surface area contributed by atoms with Crippen molar-refractivity contribution in [2.45, 2.75) is 44.1 Å². The molecule has 0 radical (unpaired) electrons. The third-order valence-corrected chi connectivity index (χ3v) is 4.79. The molecule has 0 aromatic carbocycles. The number of hydrogen-bond acceptors (Lipinski definition) is 2. The largest absolute Gasteiger partial charge is 0.378 e. The molecule has 1 aliphatic carbocycles. The van der Waals surface area contributed by atoms with Gasteiger partial charge in [-0.2, -0.15) is 0 Å². The van der Waals surface area contributed by atoms with Gasteiger partial charge in [-0.05, 0) is 38.0 Å². The van der Waals surface area contributed by atoms with Crippen molar-refractivity contribution in [3.05, 3.63) is 0 Å². The first-order valence-electron chi connectivity index (χ1n) is 6.58. The molecule has 0 bridgehead atoms. The summed E-state index contributed by atoms with van der Waals surface area (Å²) in [4.78, 5) is 14.2. The lowest BCUT2D eigenvalue weighted by atomic mass is 9.77. The first kappa shape index (κ1) is 13.2. The van der Waals surface area contributed by atoms with E-state index in [4.69, 9.17) is 16.3 Å². The van der Waals surface area contributed by atoms with Crippen LogP contribution in [0, 0.1) is 5.92 Å². The SMILES string of the molecule is COC1(CC(=O)N2CCC(CCl)CC2)CCC1. The Morgan fingerprint density at radius 1 is 1.41 bits per heavy atom. The van der Waals surface area contributed by atoms with Crippen LogP contribution in [-0.2, 0) is 9.53 Å². The molecule has 17 heavy (non-hydrogen) atoms. The number of carbonyl (C=O) groups excluding carboxylic acids is 1. The van der Waals surface area contributed by atoms with E-state index < -0.39 is 0 Å². The maximum absolute atomic E-state index is 12.2. The van der Waals surface area contributed by atoms with Crippen LogP contribution in [-0.4, -0.2) is 42.5 Å². The lowest BCUT2D eigenvalue weighted by Crippen LogP contribution is -2.47. The third kappa shape index (κ3) is 2.94. The highest BCUT2D eigenvalue weighted by molar-refractivity contribution is 6.18. The topological polar surface area (TPSA) is 29.5 Å². The van der Waals surface area contributed by atoms with Crippen LogP contribution in [0.25, 0.3) is 0 Å². The van der Waals surface area contributed by atoms with Crippen LogP contribution in [0.4, 0.5) is 0 Å². The fourth-order valence-electron chi connectivity index (χ4n) is 2.75. The van der Waals surface area contributed by atoms with Gasteiger partial charge in [0.1, 0.15) is 0 Å². The Morgan fingerprint density at radius 3 is 2.47 bits per heavy atom. The number of amides is 1. The van der Waals surface area contributed by atoms with E-state index in [1.165, 1.54) is 6.42 Å². The van der Waals surface area contributed by atoms with Crippen molar-refractivity contribution in [2.75, 3.05) is 26.1 Å². The number of carbonyl (C=O) groups is 1. The molecule has 98 valence electrons. The average molecular weight is 260 g/mol. The highest BCUT2D eigenvalue weighted by Gasteiger charge is 2.40. The Bertz CT molecular complexity index is 265. The smallest absolute Gasteiger partial charge is 0.225 e. The molecule has 2 fully saturated rings. The lowest BCUT2D eigenvalue weighted by molar-refractivity contribution is -0.145. The Morgan fingerprint density at radius 2 is 2.06 bits per heavy atom. The Hall–Kier alpha value is -0.280. The van der Waals surface area contributed by atoms with Crippen molar-refractivity contribution in [3.63, 3.8) is 0 Å². The van der Waals surface area contributed by atoms with Gasteiger partial charge in [-0.25, -0.2) is 0 Å². The summed E-state index contributed by atoms with van der Waals surface area (Å²) in [6.45, 7) is 1.74. The van der Waals surface area contributed by atoms with E-state index in [9.17, 15) is 4.79 Å². The van der Waals surface area contributed by atoms with Crippen LogP contribution in [0.5, 0.6) is 0 Å². The van der Waals surface area contributed by atoms with Gasteiger partial charge in [0.2, 0.25) is 5.91 Å². The number of rotatable bonds is 4. The van der Waals surface area contributed by atoms with Gasteiger partial charge in [-0.1, -0.05) is 0 Å². The van der Waals surface area contributed by atoms with Crippen molar-refractivity contribution in [1.82, 2.24) is 4.90 Å². The van der Waals surface area contributed by atoms with Gasteiger partial charge < -0.3 is 9.64 Å². The minimum Gasteiger partial charge on any atom is -0.378 e. The standard InChI is InChI=1S/C13H22ClNO2/c1-17-13(5-2-6-13)9-12(16)15-7-3-11(10-14)4-8-15/h11H,2-10H2,1H3. The number of halogens is 1. The van der Waals surface area contributed by atoms with Crippen LogP contribution in [0.2, 0.25) is 0 Å². The summed E-state index contributed by atoms with van der Waals surface area (Å²) >= 11 is 5.84. The van der Waals surface area contributed by atoms with Gasteiger partial charge in [-0.3, -0.25) is 4.79 Å². The lowest BCUT2D eigenvalue weighted by Gasteiger charge is -2.42. The number of ether oxygens (including phenoxy) is 1. The Balaban J connectivity index is 1.80. The molecule has 1 saturated heterocycles. The molecule has 0 aromatic rings. The molecule has 1 saturated carbocycles. The second kappa shape index (κ2) is 5.57. The Kier molecular flexibility index (Phi) is 4.31. The number of piperidine rings is 1. The fraction of sp³-hybridized carbons (Fsp3) is 0.923. The van der Waals surface area contributed by atoms with Crippen LogP contribution >= 0.6 is 11.6 Å². The molecule has 0 spiro atoms. The minimum absolute atomic E-state index is 0.138. The number of alkyl halides is 1. The number of nitrogens with zero attached hydrogens (tertiary/aromatic N) is 1. The van der Waals surface area contributed by atoms with E-state index in [1.54, 1.807) is 7.11 Å². The summed E-state index contributed by atoms with van der Waals surface area (Å²) in [5.74, 6) is 1.59. The molecule has 0 atom stereocenters. The van der Waals surface area contributed by atoms with E-state index in [2.05, 4.69) is 0 Å². The number of hydrogen-bond donors (Lipinski definition) is 0. The van der Waals surface area contributed by atoms with Crippen LogP contribution < -0.4 is 0 Å². The first-order chi connectivity index (χ1) is 8.19. The molecule has 0 aromatic heterocycles. The maximum Gasteiger partial charge on any atom is 0.225 e. The van der Waals surface area contributed by atoms with Gasteiger partial charge >= 0.3 is 0 Å². The van der Waals surface area contributed by atoms with Crippen LogP contribution in [0.15, 0.2) is 0 Å². The molecule has 0 N–H and O–H groups in total. The van der Waals surface area contributed by atoms with E-state index >= 15 is 0 Å². The molecule has 1 amide bonds. The average Bonchev–Trinajstić information content (AvgIpc) is 2.33. The zero-order chi connectivity index (χ0) is 12.3. The molecule has 2 rings (SSSR count). The second-order valence-corrected chi connectivity index (χ2v) is 5.70. The highest BCUT2D eigenvalue weighted by atomic mass is 35.5. The molecular weight excluding hydrogens is 238 g/mol. The molecule has 1 aliphatic heterocycles. The fourth-order valence-corrected chi connectivity index (χ4v) is 3.06. The third-order valence-electron chi connectivity index (χ3n) is 4.36. The summed E-state index contributed by atoms with van der Waals surface area (Å²) in [6, 6.07) is 0. The van der Waals surface area contributed by atoms with Crippen LogP contribution in [0.3, 0.4) is 0 Å². The number of methoxy groups -OCH3 is 1. The first-order valence-corrected chi connectivity index (χ1v) is 7.11. The molecular formula is C13H22ClNO2. The predicted molar refractivity (Wildman–Crippen MR) is 68.2 cm³/mol. The quantitative estimate of drug-likeness (QED) is 0.726. The van der Waals surface area contributed by atoms with Gasteiger partial charge in [0.25, 0.3) is 0 Å². The number of likely N-dealkylation sites (tertiary alicyclic amines) is 1. The summed E-state index contributed by atoms with van der Waals surface area (Å²) in [5, 5.41) is 0. The zero-order valence-electron chi connectivity index (χ0n) is 10.6. The van der Waals surface area contributed by atoms with Gasteiger partial charge in [-0.15, -0.1) is 11.6 Å². The van der Waals surface area contributed by atoms with Crippen molar-refractivity contribution < 1.29 is 9.53 Å². The van der Waals surface area contributed by atoms with Crippen molar-refractivity contribution in [2.24, 2.45) is 5.92 Å². The minimum atomic E-state index is -0.138. The van der Waals surface area contributed by atoms with Gasteiger partial charge in [0.15, 0.2) is 0 Å². The normalized spacial score (nSPS) is 24.5. The Labute approximate surface area is 108 Å². The molecule has 2 aliphatic rings. The van der Waals surface area contributed by atoms with E-state index in [-0.39, 0.29) is 11.5 Å². The second-order valence-electron chi connectivity index (χ2n) is 5.40. The van der Waals surface area contributed by atoms with Crippen molar-refractivity contribution >= 4 is 17.5 Å². The zero-order valence-corrected chi connectivity index (χ0v) is 11.3. The predicted octanol–water partition coefficient (Wildman–Crippen LogP) is 2.42. The van der Waals surface area contributed by atoms with E-state index in [1.807, 2.05) is 4.90 Å². The van der Waals surface area contributed by atoms with E-state index in [0.29, 0.717) is 12.3 Å². The summed E-state index contributed by atoms with van der Waals surface area (Å²) in [5.41, 5.74) is -0.138. The summed E-state index contributed by atoms with van der Waals surface area (Å²) in [7, 11) is 1.73. The molecule has 1 heterocycles. The van der Waals surface area contributed by atoms with Crippen LogP contribution in [0.1, 0.15) is 38.5 Å². The van der Waals surface area contributed by atoms with Crippen molar-refractivity contribution in [1.29, 1.82) is 0 Å². The van der Waals surface area contributed by atoms with Crippen molar-refractivity contribution in [3.8, 4) is 0 Å². The maximum atomic E-state index is 12.2.